The van der Waals surface area contributed by atoms with Crippen molar-refractivity contribution in [3.63, 3.8) is 0 Å². The summed E-state index contributed by atoms with van der Waals surface area (Å²) in [6.45, 7) is 7.62. The zero-order chi connectivity index (χ0) is 24.8. The topological polar surface area (TPSA) is 67.8 Å². The maximum atomic E-state index is 10.6. The summed E-state index contributed by atoms with van der Waals surface area (Å²) in [6.07, 6.45) is 2.53. The molecule has 0 aromatic heterocycles. The van der Waals surface area contributed by atoms with Crippen molar-refractivity contribution in [2.45, 2.75) is 58.6 Å². The zero-order valence-electron chi connectivity index (χ0n) is 20.8. The van der Waals surface area contributed by atoms with Crippen LogP contribution in [0.3, 0.4) is 0 Å². The fourth-order valence-electron chi connectivity index (χ4n) is 4.61. The normalized spacial score (nSPS) is 16.6. The van der Waals surface area contributed by atoms with Gasteiger partial charge in [-0.15, -0.1) is 0 Å². The van der Waals surface area contributed by atoms with Gasteiger partial charge in [0.2, 0.25) is 0 Å². The molecule has 5 nitrogen and oxygen atoms in total. The van der Waals surface area contributed by atoms with Gasteiger partial charge < -0.3 is 19.9 Å². The van der Waals surface area contributed by atoms with Gasteiger partial charge in [-0.25, -0.2) is 0 Å². The second-order valence-electron chi connectivity index (χ2n) is 9.99. The Morgan fingerprint density at radius 1 is 1.00 bits per heavy atom. The van der Waals surface area contributed by atoms with Crippen molar-refractivity contribution in [1.82, 2.24) is 0 Å². The number of ether oxygens (including phenoxy) is 2. The van der Waals surface area contributed by atoms with Gasteiger partial charge in [-0.05, 0) is 66.6 Å². The van der Waals surface area contributed by atoms with Gasteiger partial charge in [0.15, 0.2) is 0 Å². The Bertz CT molecular complexity index is 1140. The van der Waals surface area contributed by atoms with Crippen molar-refractivity contribution in [2.24, 2.45) is 5.92 Å². The van der Waals surface area contributed by atoms with E-state index in [1.807, 2.05) is 24.3 Å². The third kappa shape index (κ3) is 6.36. The predicted molar refractivity (Wildman–Crippen MR) is 139 cm³/mol. The SMILES string of the molecule is CC(C)Cc1ccc(COc2cccc3c2CC(C)(c2ccc(OCCCC(=O)O)cc2)N3)cc1. The molecule has 1 heterocycles. The summed E-state index contributed by atoms with van der Waals surface area (Å²) >= 11 is 0. The van der Waals surface area contributed by atoms with Crippen molar-refractivity contribution >= 4 is 11.7 Å². The van der Waals surface area contributed by atoms with Crippen molar-refractivity contribution < 1.29 is 19.4 Å². The highest BCUT2D eigenvalue weighted by Gasteiger charge is 2.35. The summed E-state index contributed by atoms with van der Waals surface area (Å²) in [6, 6.07) is 23.0. The molecule has 0 radical (unpaired) electrons. The number of rotatable bonds is 11. The number of fused-ring (bicyclic) bond motifs is 1. The number of carboxylic acid groups (broad SMARTS) is 1. The summed E-state index contributed by atoms with van der Waals surface area (Å²) < 4.78 is 12.0. The van der Waals surface area contributed by atoms with Crippen LogP contribution in [0.15, 0.2) is 66.7 Å². The van der Waals surface area contributed by atoms with Gasteiger partial charge in [0, 0.05) is 24.1 Å². The molecular weight excluding hydrogens is 438 g/mol. The predicted octanol–water partition coefficient (Wildman–Crippen LogP) is 6.59. The number of carboxylic acids is 1. The monoisotopic (exact) mass is 473 g/mol. The standard InChI is InChI=1S/C30H35NO4/c1-21(2)18-22-9-11-23(12-10-22)20-35-28-7-4-6-27-26(28)19-30(3,31-27)24-13-15-25(16-14-24)34-17-5-8-29(32)33/h4,6-7,9-16,21,31H,5,8,17-20H2,1-3H3,(H,32,33). The van der Waals surface area contributed by atoms with Crippen LogP contribution in [-0.2, 0) is 29.8 Å². The lowest BCUT2D eigenvalue weighted by atomic mass is 9.89. The molecule has 0 bridgehead atoms. The van der Waals surface area contributed by atoms with Gasteiger partial charge in [-0.2, -0.15) is 0 Å². The molecule has 2 N–H and O–H groups in total. The van der Waals surface area contributed by atoms with E-state index < -0.39 is 5.97 Å². The number of hydrogen-bond acceptors (Lipinski definition) is 4. The van der Waals surface area contributed by atoms with Crippen molar-refractivity contribution in [2.75, 3.05) is 11.9 Å². The molecule has 184 valence electrons. The molecule has 1 aliphatic heterocycles. The highest BCUT2D eigenvalue weighted by Crippen LogP contribution is 2.43. The number of anilines is 1. The number of benzene rings is 3. The number of aliphatic carboxylic acids is 1. The quantitative estimate of drug-likeness (QED) is 0.308. The fourth-order valence-corrected chi connectivity index (χ4v) is 4.61. The molecule has 1 unspecified atom stereocenters. The van der Waals surface area contributed by atoms with Crippen LogP contribution in [0.2, 0.25) is 0 Å². The average molecular weight is 474 g/mol. The Kier molecular flexibility index (Phi) is 7.64. The summed E-state index contributed by atoms with van der Waals surface area (Å²) in [5.74, 6) is 1.52. The Labute approximate surface area is 208 Å². The third-order valence-corrected chi connectivity index (χ3v) is 6.43. The first-order valence-corrected chi connectivity index (χ1v) is 12.4. The van der Waals surface area contributed by atoms with Crippen molar-refractivity contribution in [3.05, 3.63) is 89.0 Å². The number of carbonyl (C=O) groups is 1. The van der Waals surface area contributed by atoms with Crippen molar-refractivity contribution in [1.29, 1.82) is 0 Å². The summed E-state index contributed by atoms with van der Waals surface area (Å²) in [5, 5.41) is 12.4. The zero-order valence-corrected chi connectivity index (χ0v) is 20.8. The van der Waals surface area contributed by atoms with Gasteiger partial charge in [0.25, 0.3) is 0 Å². The second-order valence-corrected chi connectivity index (χ2v) is 9.99. The van der Waals surface area contributed by atoms with Gasteiger partial charge in [-0.3, -0.25) is 4.79 Å². The van der Waals surface area contributed by atoms with Crippen LogP contribution in [0.1, 0.15) is 55.9 Å². The molecule has 4 rings (SSSR count). The van der Waals surface area contributed by atoms with Gasteiger partial charge in [0.05, 0.1) is 12.1 Å². The minimum Gasteiger partial charge on any atom is -0.494 e. The van der Waals surface area contributed by atoms with E-state index >= 15 is 0 Å². The molecule has 0 aliphatic carbocycles. The van der Waals surface area contributed by atoms with Gasteiger partial charge in [-0.1, -0.05) is 56.3 Å². The Morgan fingerprint density at radius 2 is 1.71 bits per heavy atom. The lowest BCUT2D eigenvalue weighted by molar-refractivity contribution is -0.137. The minimum atomic E-state index is -0.799. The molecule has 3 aromatic carbocycles. The van der Waals surface area contributed by atoms with Crippen LogP contribution >= 0.6 is 0 Å². The smallest absolute Gasteiger partial charge is 0.303 e. The Balaban J connectivity index is 1.38. The molecule has 0 saturated carbocycles. The molecule has 1 aliphatic rings. The van der Waals surface area contributed by atoms with Crippen LogP contribution in [0.25, 0.3) is 0 Å². The van der Waals surface area contributed by atoms with E-state index in [0.29, 0.717) is 25.6 Å². The van der Waals surface area contributed by atoms with Gasteiger partial charge >= 0.3 is 5.97 Å². The average Bonchev–Trinajstić information content (AvgIpc) is 3.19. The molecule has 0 spiro atoms. The fraction of sp³-hybridized carbons (Fsp3) is 0.367. The number of nitrogens with one attached hydrogen (secondary N) is 1. The van der Waals surface area contributed by atoms with Crippen LogP contribution in [0.4, 0.5) is 5.69 Å². The van der Waals surface area contributed by atoms with Crippen LogP contribution in [0, 0.1) is 5.92 Å². The van der Waals surface area contributed by atoms with E-state index in [9.17, 15) is 4.79 Å². The van der Waals surface area contributed by atoms with Crippen LogP contribution < -0.4 is 14.8 Å². The molecule has 1 atom stereocenters. The van der Waals surface area contributed by atoms with E-state index in [1.54, 1.807) is 0 Å². The summed E-state index contributed by atoms with van der Waals surface area (Å²) in [7, 11) is 0. The second kappa shape index (κ2) is 10.9. The molecular formula is C30H35NO4. The van der Waals surface area contributed by atoms with E-state index in [2.05, 4.69) is 68.6 Å². The maximum Gasteiger partial charge on any atom is 0.303 e. The highest BCUT2D eigenvalue weighted by atomic mass is 16.5. The van der Waals surface area contributed by atoms with E-state index in [0.717, 1.165) is 30.0 Å². The third-order valence-electron chi connectivity index (χ3n) is 6.43. The lowest BCUT2D eigenvalue weighted by Gasteiger charge is -2.26. The van der Waals surface area contributed by atoms with Crippen LogP contribution in [-0.4, -0.2) is 17.7 Å². The van der Waals surface area contributed by atoms with Crippen LogP contribution in [0.5, 0.6) is 11.5 Å². The summed E-state index contributed by atoms with van der Waals surface area (Å²) in [5.41, 5.74) is 5.75. The molecule has 3 aromatic rings. The first kappa shape index (κ1) is 24.6. The largest absolute Gasteiger partial charge is 0.494 e. The lowest BCUT2D eigenvalue weighted by Crippen LogP contribution is -2.28. The minimum absolute atomic E-state index is 0.117. The molecule has 0 amide bonds. The number of hydrogen-bond donors (Lipinski definition) is 2. The van der Waals surface area contributed by atoms with E-state index in [1.165, 1.54) is 22.3 Å². The molecule has 0 fully saturated rings. The first-order valence-electron chi connectivity index (χ1n) is 12.4. The molecule has 35 heavy (non-hydrogen) atoms. The Morgan fingerprint density at radius 3 is 2.40 bits per heavy atom. The highest BCUT2D eigenvalue weighted by molar-refractivity contribution is 5.66. The van der Waals surface area contributed by atoms with Crippen molar-refractivity contribution in [3.8, 4) is 11.5 Å². The van der Waals surface area contributed by atoms with E-state index in [4.69, 9.17) is 14.6 Å². The van der Waals surface area contributed by atoms with Gasteiger partial charge in [0.1, 0.15) is 18.1 Å². The molecule has 5 heteroatoms. The molecule has 0 saturated heterocycles. The maximum absolute atomic E-state index is 10.6. The van der Waals surface area contributed by atoms with E-state index in [-0.39, 0.29) is 12.0 Å². The summed E-state index contributed by atoms with van der Waals surface area (Å²) in [4.78, 5) is 10.6. The Hall–Kier alpha value is -3.47. The first-order chi connectivity index (χ1) is 16.8.